The minimum atomic E-state index is 0.752. The van der Waals surface area contributed by atoms with Crippen LogP contribution in [0.25, 0.3) is 0 Å². The SMILES string of the molecule is CN(C)CCN1CCN(C2CCCCC2CN)CC1. The Balaban J connectivity index is 1.75. The first-order valence-electron chi connectivity index (χ1n) is 8.02. The molecular weight excluding hydrogens is 236 g/mol. The van der Waals surface area contributed by atoms with Crippen LogP contribution in [-0.4, -0.2) is 80.7 Å². The molecule has 1 aliphatic carbocycles. The van der Waals surface area contributed by atoms with Gasteiger partial charge in [0, 0.05) is 45.3 Å². The Morgan fingerprint density at radius 2 is 1.74 bits per heavy atom. The van der Waals surface area contributed by atoms with Crippen LogP contribution in [0.2, 0.25) is 0 Å². The number of nitrogens with two attached hydrogens (primary N) is 1. The van der Waals surface area contributed by atoms with E-state index in [0.717, 1.165) is 18.5 Å². The van der Waals surface area contributed by atoms with Crippen LogP contribution in [-0.2, 0) is 0 Å². The highest BCUT2D eigenvalue weighted by Gasteiger charge is 2.30. The van der Waals surface area contributed by atoms with E-state index in [2.05, 4.69) is 28.8 Å². The lowest BCUT2D eigenvalue weighted by atomic mass is 9.83. The summed E-state index contributed by atoms with van der Waals surface area (Å²) in [5.74, 6) is 0.752. The van der Waals surface area contributed by atoms with E-state index in [9.17, 15) is 0 Å². The summed E-state index contributed by atoms with van der Waals surface area (Å²) in [6, 6.07) is 0.773. The maximum Gasteiger partial charge on any atom is 0.0137 e. The zero-order valence-electron chi connectivity index (χ0n) is 12.9. The second-order valence-electron chi connectivity index (χ2n) is 6.53. The van der Waals surface area contributed by atoms with Gasteiger partial charge in [-0.15, -0.1) is 0 Å². The average Bonchev–Trinajstić information content (AvgIpc) is 2.45. The topological polar surface area (TPSA) is 35.7 Å². The van der Waals surface area contributed by atoms with Crippen molar-refractivity contribution in [1.29, 1.82) is 0 Å². The van der Waals surface area contributed by atoms with Gasteiger partial charge in [-0.3, -0.25) is 9.80 Å². The van der Waals surface area contributed by atoms with Gasteiger partial charge >= 0.3 is 0 Å². The van der Waals surface area contributed by atoms with Crippen LogP contribution in [0.1, 0.15) is 25.7 Å². The van der Waals surface area contributed by atoms with Crippen LogP contribution in [0, 0.1) is 5.92 Å². The monoisotopic (exact) mass is 268 g/mol. The van der Waals surface area contributed by atoms with Crippen molar-refractivity contribution in [1.82, 2.24) is 14.7 Å². The summed E-state index contributed by atoms with van der Waals surface area (Å²) < 4.78 is 0. The van der Waals surface area contributed by atoms with E-state index in [1.165, 1.54) is 65.0 Å². The molecule has 0 bridgehead atoms. The third-order valence-electron chi connectivity index (χ3n) is 4.91. The third kappa shape index (κ3) is 4.42. The molecule has 2 aliphatic rings. The Bertz CT molecular complexity index is 249. The van der Waals surface area contributed by atoms with Gasteiger partial charge in [-0.05, 0) is 39.4 Å². The van der Waals surface area contributed by atoms with Crippen molar-refractivity contribution in [3.63, 3.8) is 0 Å². The van der Waals surface area contributed by atoms with Crippen LogP contribution in [0.4, 0.5) is 0 Å². The summed E-state index contributed by atoms with van der Waals surface area (Å²) in [7, 11) is 4.31. The maximum absolute atomic E-state index is 5.97. The van der Waals surface area contributed by atoms with Crippen molar-refractivity contribution in [2.75, 3.05) is 59.9 Å². The minimum Gasteiger partial charge on any atom is -0.330 e. The molecule has 1 saturated heterocycles. The fourth-order valence-electron chi connectivity index (χ4n) is 3.60. The van der Waals surface area contributed by atoms with E-state index < -0.39 is 0 Å². The van der Waals surface area contributed by atoms with Crippen molar-refractivity contribution in [3.8, 4) is 0 Å². The Kier molecular flexibility index (Phi) is 6.07. The lowest BCUT2D eigenvalue weighted by molar-refractivity contribution is 0.0499. The number of hydrogen-bond donors (Lipinski definition) is 1. The first-order chi connectivity index (χ1) is 9.20. The van der Waals surface area contributed by atoms with E-state index in [1.54, 1.807) is 0 Å². The van der Waals surface area contributed by atoms with E-state index in [4.69, 9.17) is 5.73 Å². The first kappa shape index (κ1) is 15.2. The van der Waals surface area contributed by atoms with Gasteiger partial charge in [0.25, 0.3) is 0 Å². The highest BCUT2D eigenvalue weighted by atomic mass is 15.3. The standard InChI is InChI=1S/C15H32N4/c1-17(2)7-8-18-9-11-19(12-10-18)15-6-4-3-5-14(15)13-16/h14-15H,3-13,16H2,1-2H3. The predicted molar refractivity (Wildman–Crippen MR) is 81.4 cm³/mol. The van der Waals surface area contributed by atoms with Crippen molar-refractivity contribution in [2.24, 2.45) is 11.7 Å². The van der Waals surface area contributed by atoms with Crippen molar-refractivity contribution in [3.05, 3.63) is 0 Å². The van der Waals surface area contributed by atoms with Crippen molar-refractivity contribution < 1.29 is 0 Å². The molecule has 0 aromatic heterocycles. The van der Waals surface area contributed by atoms with Gasteiger partial charge in [0.15, 0.2) is 0 Å². The summed E-state index contributed by atoms with van der Waals surface area (Å²) >= 11 is 0. The van der Waals surface area contributed by atoms with E-state index in [-0.39, 0.29) is 0 Å². The van der Waals surface area contributed by atoms with Crippen molar-refractivity contribution >= 4 is 0 Å². The number of likely N-dealkylation sites (N-methyl/N-ethyl adjacent to an activating group) is 1. The van der Waals surface area contributed by atoms with E-state index >= 15 is 0 Å². The van der Waals surface area contributed by atoms with Gasteiger partial charge in [-0.1, -0.05) is 12.8 Å². The fraction of sp³-hybridized carbons (Fsp3) is 1.00. The summed E-state index contributed by atoms with van der Waals surface area (Å²) in [5, 5.41) is 0. The average molecular weight is 268 g/mol. The van der Waals surface area contributed by atoms with E-state index in [1.807, 2.05) is 0 Å². The smallest absolute Gasteiger partial charge is 0.0137 e. The molecule has 19 heavy (non-hydrogen) atoms. The van der Waals surface area contributed by atoms with Gasteiger partial charge in [0.2, 0.25) is 0 Å². The Morgan fingerprint density at radius 3 is 2.37 bits per heavy atom. The molecule has 2 atom stereocenters. The molecule has 4 heteroatoms. The number of piperazine rings is 1. The molecule has 0 spiro atoms. The Labute approximate surface area is 118 Å². The molecule has 2 rings (SSSR count). The molecule has 1 heterocycles. The summed E-state index contributed by atoms with van der Waals surface area (Å²) in [6.07, 6.45) is 5.52. The van der Waals surface area contributed by atoms with E-state index in [0.29, 0.717) is 0 Å². The maximum atomic E-state index is 5.97. The molecule has 0 amide bonds. The number of hydrogen-bond acceptors (Lipinski definition) is 4. The van der Waals surface area contributed by atoms with Gasteiger partial charge in [-0.25, -0.2) is 0 Å². The Hall–Kier alpha value is -0.160. The largest absolute Gasteiger partial charge is 0.330 e. The second-order valence-corrected chi connectivity index (χ2v) is 6.53. The van der Waals surface area contributed by atoms with Crippen molar-refractivity contribution in [2.45, 2.75) is 31.7 Å². The summed E-state index contributed by atoms with van der Waals surface area (Å²) in [4.78, 5) is 7.61. The normalized spacial score (nSPS) is 30.9. The molecule has 0 radical (unpaired) electrons. The summed E-state index contributed by atoms with van der Waals surface area (Å²) in [5.41, 5.74) is 5.97. The molecule has 0 aromatic carbocycles. The molecule has 4 nitrogen and oxygen atoms in total. The number of rotatable bonds is 5. The Morgan fingerprint density at radius 1 is 1.05 bits per heavy atom. The third-order valence-corrected chi connectivity index (χ3v) is 4.91. The van der Waals surface area contributed by atoms with Crippen LogP contribution in [0.15, 0.2) is 0 Å². The highest BCUT2D eigenvalue weighted by molar-refractivity contribution is 4.86. The second kappa shape index (κ2) is 7.58. The lowest BCUT2D eigenvalue weighted by Gasteiger charge is -2.44. The first-order valence-corrected chi connectivity index (χ1v) is 8.02. The lowest BCUT2D eigenvalue weighted by Crippen LogP contribution is -2.54. The molecule has 2 N–H and O–H groups in total. The minimum absolute atomic E-state index is 0.752. The van der Waals surface area contributed by atoms with Gasteiger partial charge in [0.1, 0.15) is 0 Å². The molecule has 0 aromatic rings. The zero-order valence-corrected chi connectivity index (χ0v) is 12.9. The number of nitrogens with zero attached hydrogens (tertiary/aromatic N) is 3. The molecule has 1 saturated carbocycles. The van der Waals surface area contributed by atoms with Gasteiger partial charge in [-0.2, -0.15) is 0 Å². The molecule has 112 valence electrons. The van der Waals surface area contributed by atoms with Crippen LogP contribution in [0.5, 0.6) is 0 Å². The van der Waals surface area contributed by atoms with Crippen LogP contribution in [0.3, 0.4) is 0 Å². The quantitative estimate of drug-likeness (QED) is 0.795. The van der Waals surface area contributed by atoms with Gasteiger partial charge in [0.05, 0.1) is 0 Å². The highest BCUT2D eigenvalue weighted by Crippen LogP contribution is 2.28. The van der Waals surface area contributed by atoms with Crippen LogP contribution >= 0.6 is 0 Å². The van der Waals surface area contributed by atoms with Crippen LogP contribution < -0.4 is 5.73 Å². The van der Waals surface area contributed by atoms with Gasteiger partial charge < -0.3 is 10.6 Å². The molecular formula is C15H32N4. The molecule has 2 unspecified atom stereocenters. The molecule has 2 fully saturated rings. The zero-order chi connectivity index (χ0) is 13.7. The fourth-order valence-corrected chi connectivity index (χ4v) is 3.60. The molecule has 1 aliphatic heterocycles. The predicted octanol–water partition coefficient (Wildman–Crippen LogP) is 0.683. The summed E-state index contributed by atoms with van der Waals surface area (Å²) in [6.45, 7) is 8.23.